The maximum atomic E-state index is 8.62. The Labute approximate surface area is 80.2 Å². The Morgan fingerprint density at radius 1 is 1.44 bits per heavy atom. The summed E-state index contributed by atoms with van der Waals surface area (Å²) in [6.07, 6.45) is 0. The Morgan fingerprint density at radius 2 is 2.11 bits per heavy atom. The van der Waals surface area contributed by atoms with Crippen molar-refractivity contribution in [2.75, 3.05) is 0 Å². The van der Waals surface area contributed by atoms with E-state index in [1.165, 1.54) is 6.07 Å². The van der Waals surface area contributed by atoms with Gasteiger partial charge in [0.05, 0.1) is 0 Å². The predicted molar refractivity (Wildman–Crippen MR) is 38.1 cm³/mol. The molecule has 1 aromatic rings. The fourth-order valence-corrected chi connectivity index (χ4v) is 0.557. The molecule has 2 nitrogen and oxygen atoms in total. The van der Waals surface area contributed by atoms with Gasteiger partial charge in [-0.1, -0.05) is 17.7 Å². The summed E-state index contributed by atoms with van der Waals surface area (Å²) in [7, 11) is 0. The summed E-state index contributed by atoms with van der Waals surface area (Å²) in [5.74, 6) is -0.0440. The molecule has 1 aromatic heterocycles. The molecule has 0 aliphatic rings. The van der Waals surface area contributed by atoms with Crippen molar-refractivity contribution in [3.8, 4) is 5.88 Å². The number of pyridine rings is 1. The van der Waals surface area contributed by atoms with Crippen molar-refractivity contribution in [1.82, 2.24) is 4.98 Å². The van der Waals surface area contributed by atoms with Gasteiger partial charge in [-0.2, -0.15) is 0 Å². The average Bonchev–Trinajstić information content (AvgIpc) is 1.64. The van der Waals surface area contributed by atoms with Gasteiger partial charge in [-0.15, -0.1) is 0 Å². The van der Waals surface area contributed by atoms with Gasteiger partial charge in [-0.3, -0.25) is 0 Å². The normalized spacial score (nSPS) is 8.11. The summed E-state index contributed by atoms with van der Waals surface area (Å²) in [6.45, 7) is 0. The summed E-state index contributed by atoms with van der Waals surface area (Å²) >= 11 is 5.37. The van der Waals surface area contributed by atoms with Crippen LogP contribution in [0.15, 0.2) is 18.2 Å². The molecule has 0 aliphatic heterocycles. The van der Waals surface area contributed by atoms with Crippen molar-refractivity contribution >= 4 is 41.2 Å². The molecule has 0 atom stereocenters. The van der Waals surface area contributed by atoms with E-state index in [0.29, 0.717) is 5.15 Å². The molecule has 1 rings (SSSR count). The third kappa shape index (κ3) is 3.06. The van der Waals surface area contributed by atoms with Crippen LogP contribution in [0.1, 0.15) is 0 Å². The number of hydrogen-bond acceptors (Lipinski definition) is 2. The van der Waals surface area contributed by atoms with Crippen molar-refractivity contribution < 1.29 is 5.11 Å². The fourth-order valence-electron chi connectivity index (χ4n) is 0.398. The summed E-state index contributed by atoms with van der Waals surface area (Å²) in [4.78, 5) is 3.49. The zero-order valence-electron chi connectivity index (χ0n) is 4.00. The van der Waals surface area contributed by atoms with E-state index in [-0.39, 0.29) is 35.4 Å². The second kappa shape index (κ2) is 4.12. The fraction of sp³-hybridized carbons (Fsp3) is 0. The zero-order chi connectivity index (χ0) is 5.98. The number of aromatic nitrogens is 1. The molecule has 44 valence electrons. The van der Waals surface area contributed by atoms with Crippen LogP contribution in [0.25, 0.3) is 0 Å². The van der Waals surface area contributed by atoms with Crippen molar-refractivity contribution in [2.45, 2.75) is 0 Å². The molecule has 0 saturated carbocycles. The topological polar surface area (TPSA) is 33.1 Å². The van der Waals surface area contributed by atoms with E-state index in [1.54, 1.807) is 12.1 Å². The van der Waals surface area contributed by atoms with Crippen LogP contribution in [0.3, 0.4) is 0 Å². The minimum atomic E-state index is -0.0440. The molecule has 4 heteroatoms. The van der Waals surface area contributed by atoms with E-state index in [0.717, 1.165) is 0 Å². The summed E-state index contributed by atoms with van der Waals surface area (Å²) in [5.41, 5.74) is 0. The first-order chi connectivity index (χ1) is 3.79. The Kier molecular flexibility index (Phi) is 4.23. The quantitative estimate of drug-likeness (QED) is 0.442. The maximum absolute atomic E-state index is 8.62. The van der Waals surface area contributed by atoms with E-state index in [4.69, 9.17) is 16.7 Å². The van der Waals surface area contributed by atoms with Crippen molar-refractivity contribution in [3.63, 3.8) is 0 Å². The number of rotatable bonds is 0. The molecule has 0 aromatic carbocycles. The molecule has 0 spiro atoms. The molecular weight excluding hydrogens is 149 g/mol. The number of halogens is 1. The third-order valence-electron chi connectivity index (χ3n) is 0.700. The minimum absolute atomic E-state index is 0. The Morgan fingerprint density at radius 3 is 2.44 bits per heavy atom. The number of hydrogen-bond donors (Lipinski definition) is 1. The van der Waals surface area contributed by atoms with Crippen LogP contribution >= 0.6 is 11.6 Å². The van der Waals surface area contributed by atoms with E-state index >= 15 is 0 Å². The SMILES string of the molecule is Oc1cccc(Cl)n1.[NaH]. The molecule has 0 radical (unpaired) electrons. The monoisotopic (exact) mass is 153 g/mol. The first-order valence-electron chi connectivity index (χ1n) is 2.10. The second-order valence-electron chi connectivity index (χ2n) is 1.32. The van der Waals surface area contributed by atoms with Crippen LogP contribution in [-0.4, -0.2) is 39.6 Å². The average molecular weight is 154 g/mol. The van der Waals surface area contributed by atoms with E-state index in [2.05, 4.69) is 4.98 Å². The van der Waals surface area contributed by atoms with Gasteiger partial charge in [-0.25, -0.2) is 4.98 Å². The molecule has 0 fully saturated rings. The number of nitrogens with zero attached hydrogens (tertiary/aromatic N) is 1. The van der Waals surface area contributed by atoms with Crippen molar-refractivity contribution in [2.24, 2.45) is 0 Å². The van der Waals surface area contributed by atoms with Gasteiger partial charge in [0, 0.05) is 6.07 Å². The Bertz CT molecular complexity index is 177. The molecule has 9 heavy (non-hydrogen) atoms. The first kappa shape index (κ1) is 9.24. The van der Waals surface area contributed by atoms with Crippen LogP contribution in [-0.2, 0) is 0 Å². The first-order valence-corrected chi connectivity index (χ1v) is 2.48. The van der Waals surface area contributed by atoms with Crippen LogP contribution < -0.4 is 0 Å². The molecule has 0 amide bonds. The van der Waals surface area contributed by atoms with Crippen molar-refractivity contribution in [1.29, 1.82) is 0 Å². The Balaban J connectivity index is 0.000000640. The van der Waals surface area contributed by atoms with Gasteiger partial charge in [0.1, 0.15) is 5.15 Å². The molecular formula is C5H5ClNNaO. The van der Waals surface area contributed by atoms with Gasteiger partial charge in [-0.05, 0) is 6.07 Å². The van der Waals surface area contributed by atoms with Crippen LogP contribution in [0.5, 0.6) is 5.88 Å². The van der Waals surface area contributed by atoms with E-state index in [1.807, 2.05) is 0 Å². The van der Waals surface area contributed by atoms with Crippen LogP contribution in [0.4, 0.5) is 0 Å². The molecule has 0 saturated heterocycles. The molecule has 0 aliphatic carbocycles. The second-order valence-corrected chi connectivity index (χ2v) is 1.71. The summed E-state index contributed by atoms with van der Waals surface area (Å²) in [5, 5.41) is 8.93. The predicted octanol–water partition coefficient (Wildman–Crippen LogP) is 0.792. The molecule has 0 unspecified atom stereocenters. The molecule has 0 bridgehead atoms. The standard InChI is InChI=1S/C5H4ClNO.Na.H/c6-4-2-1-3-5(8)7-4;;/h1-3H,(H,7,8);;. The van der Waals surface area contributed by atoms with Gasteiger partial charge in [0.2, 0.25) is 5.88 Å². The molecule has 1 N–H and O–H groups in total. The van der Waals surface area contributed by atoms with Gasteiger partial charge in [0.25, 0.3) is 0 Å². The van der Waals surface area contributed by atoms with Gasteiger partial charge < -0.3 is 5.11 Å². The van der Waals surface area contributed by atoms with Crippen LogP contribution in [0.2, 0.25) is 5.15 Å². The van der Waals surface area contributed by atoms with Gasteiger partial charge >= 0.3 is 29.6 Å². The number of aromatic hydroxyl groups is 1. The third-order valence-corrected chi connectivity index (χ3v) is 0.911. The van der Waals surface area contributed by atoms with Gasteiger partial charge in [0.15, 0.2) is 0 Å². The zero-order valence-corrected chi connectivity index (χ0v) is 4.76. The van der Waals surface area contributed by atoms with E-state index < -0.39 is 0 Å². The summed E-state index contributed by atoms with van der Waals surface area (Å²) < 4.78 is 0. The van der Waals surface area contributed by atoms with E-state index in [9.17, 15) is 0 Å². The Hall–Kier alpha value is 0.240. The summed E-state index contributed by atoms with van der Waals surface area (Å²) in [6, 6.07) is 4.69. The molecule has 1 heterocycles. The van der Waals surface area contributed by atoms with Crippen LogP contribution in [0, 0.1) is 0 Å². The van der Waals surface area contributed by atoms with Crippen molar-refractivity contribution in [3.05, 3.63) is 23.4 Å².